The highest BCUT2D eigenvalue weighted by atomic mass is 79.9. The lowest BCUT2D eigenvalue weighted by atomic mass is 9.98. The maximum Gasteiger partial charge on any atom is 0.123 e. The molecule has 1 aliphatic carbocycles. The summed E-state index contributed by atoms with van der Waals surface area (Å²) in [7, 11) is 2.05. The topological polar surface area (TPSA) is 24.9 Å². The van der Waals surface area contributed by atoms with Gasteiger partial charge in [0.25, 0.3) is 0 Å². The van der Waals surface area contributed by atoms with Gasteiger partial charge in [-0.15, -0.1) is 11.3 Å². The van der Waals surface area contributed by atoms with Crippen LogP contribution in [-0.4, -0.2) is 18.1 Å². The van der Waals surface area contributed by atoms with Gasteiger partial charge in [-0.25, -0.2) is 4.98 Å². The van der Waals surface area contributed by atoms with E-state index in [1.54, 1.807) is 0 Å². The average molecular weight is 323 g/mol. The summed E-state index contributed by atoms with van der Waals surface area (Å²) in [6, 6.07) is 9.03. The Bertz CT molecular complexity index is 547. The number of fused-ring (bicyclic) bond motifs is 1. The zero-order valence-electron chi connectivity index (χ0n) is 10.2. The first kappa shape index (κ1) is 12.3. The summed E-state index contributed by atoms with van der Waals surface area (Å²) >= 11 is 5.31. The Morgan fingerprint density at radius 3 is 2.83 bits per heavy atom. The summed E-state index contributed by atoms with van der Waals surface area (Å²) in [6.07, 6.45) is 3.43. The lowest BCUT2D eigenvalue weighted by molar-refractivity contribution is 0.497. The summed E-state index contributed by atoms with van der Waals surface area (Å²) in [6.45, 7) is 0. The van der Waals surface area contributed by atoms with Gasteiger partial charge in [-0.2, -0.15) is 0 Å². The second kappa shape index (κ2) is 5.11. The van der Waals surface area contributed by atoms with Crippen LogP contribution < -0.4 is 5.32 Å². The van der Waals surface area contributed by atoms with Crippen LogP contribution in [-0.2, 0) is 12.8 Å². The van der Waals surface area contributed by atoms with E-state index in [4.69, 9.17) is 4.98 Å². The van der Waals surface area contributed by atoms with Crippen molar-refractivity contribution in [3.63, 3.8) is 0 Å². The summed E-state index contributed by atoms with van der Waals surface area (Å²) in [5.41, 5.74) is 2.53. The molecule has 1 atom stereocenters. The number of hydrogen-bond donors (Lipinski definition) is 1. The van der Waals surface area contributed by atoms with E-state index in [2.05, 4.69) is 45.5 Å². The number of likely N-dealkylation sites (N-methyl/N-ethyl adjacent to an activating group) is 1. The fourth-order valence-corrected chi connectivity index (χ4v) is 3.79. The molecular formula is C14H15BrN2S. The molecule has 3 rings (SSSR count). The van der Waals surface area contributed by atoms with E-state index in [1.807, 2.05) is 18.4 Å². The summed E-state index contributed by atoms with van der Waals surface area (Å²) in [5.74, 6) is 0. The number of thiazole rings is 1. The molecule has 0 fully saturated rings. The number of halogens is 1. The van der Waals surface area contributed by atoms with E-state index in [-0.39, 0.29) is 0 Å². The Hall–Kier alpha value is -0.710. The molecule has 94 valence electrons. The molecule has 1 aliphatic rings. The zero-order valence-corrected chi connectivity index (χ0v) is 12.6. The van der Waals surface area contributed by atoms with Gasteiger partial charge in [0.15, 0.2) is 0 Å². The number of nitrogens with zero attached hydrogens (tertiary/aromatic N) is 1. The fourth-order valence-electron chi connectivity index (χ4n) is 2.34. The molecule has 0 aliphatic heterocycles. The predicted molar refractivity (Wildman–Crippen MR) is 80.1 cm³/mol. The van der Waals surface area contributed by atoms with Gasteiger partial charge >= 0.3 is 0 Å². The Kier molecular flexibility index (Phi) is 3.50. The van der Waals surface area contributed by atoms with Crippen LogP contribution in [0, 0.1) is 0 Å². The van der Waals surface area contributed by atoms with Gasteiger partial charge in [-0.1, -0.05) is 28.1 Å². The minimum Gasteiger partial charge on any atom is -0.317 e. The van der Waals surface area contributed by atoms with Crippen LogP contribution in [0.1, 0.15) is 17.0 Å². The van der Waals surface area contributed by atoms with Crippen LogP contribution in [0.3, 0.4) is 0 Å². The van der Waals surface area contributed by atoms with Crippen molar-refractivity contribution in [1.82, 2.24) is 10.3 Å². The molecule has 0 amide bonds. The first-order chi connectivity index (χ1) is 8.76. The first-order valence-corrected chi connectivity index (χ1v) is 7.79. The molecular weight excluding hydrogens is 308 g/mol. The Balaban J connectivity index is 1.91. The molecule has 2 aromatic rings. The van der Waals surface area contributed by atoms with Crippen molar-refractivity contribution in [3.05, 3.63) is 39.3 Å². The smallest absolute Gasteiger partial charge is 0.123 e. The van der Waals surface area contributed by atoms with Gasteiger partial charge < -0.3 is 5.32 Å². The van der Waals surface area contributed by atoms with Crippen molar-refractivity contribution < 1.29 is 0 Å². The lowest BCUT2D eigenvalue weighted by Crippen LogP contribution is -2.30. The maximum absolute atomic E-state index is 4.79. The van der Waals surface area contributed by atoms with Crippen LogP contribution in [0.25, 0.3) is 10.6 Å². The normalized spacial score (nSPS) is 18.7. The molecule has 2 nitrogen and oxygen atoms in total. The minimum absolute atomic E-state index is 0.621. The van der Waals surface area contributed by atoms with E-state index in [1.165, 1.54) is 22.6 Å². The molecule has 0 saturated heterocycles. The zero-order chi connectivity index (χ0) is 12.5. The van der Waals surface area contributed by atoms with Gasteiger partial charge in [0.2, 0.25) is 0 Å². The van der Waals surface area contributed by atoms with E-state index >= 15 is 0 Å². The Morgan fingerprint density at radius 1 is 1.33 bits per heavy atom. The molecule has 1 N–H and O–H groups in total. The number of nitrogens with one attached hydrogen (secondary N) is 1. The van der Waals surface area contributed by atoms with Gasteiger partial charge in [-0.3, -0.25) is 0 Å². The average Bonchev–Trinajstić information content (AvgIpc) is 2.82. The molecule has 18 heavy (non-hydrogen) atoms. The van der Waals surface area contributed by atoms with Crippen LogP contribution in [0.4, 0.5) is 0 Å². The number of hydrogen-bond acceptors (Lipinski definition) is 3. The molecule has 0 spiro atoms. The highest BCUT2D eigenvalue weighted by Crippen LogP contribution is 2.33. The Labute approximate surface area is 120 Å². The van der Waals surface area contributed by atoms with Crippen molar-refractivity contribution in [3.8, 4) is 10.6 Å². The molecule has 4 heteroatoms. The third-order valence-corrected chi connectivity index (χ3v) is 5.14. The second-order valence-electron chi connectivity index (χ2n) is 4.62. The largest absolute Gasteiger partial charge is 0.317 e. The van der Waals surface area contributed by atoms with Crippen molar-refractivity contribution in [2.45, 2.75) is 25.3 Å². The maximum atomic E-state index is 4.79. The van der Waals surface area contributed by atoms with E-state index < -0.39 is 0 Å². The van der Waals surface area contributed by atoms with Crippen LogP contribution in [0.15, 0.2) is 28.7 Å². The molecule has 1 heterocycles. The minimum atomic E-state index is 0.621. The second-order valence-corrected chi connectivity index (χ2v) is 6.62. The summed E-state index contributed by atoms with van der Waals surface area (Å²) in [5, 5.41) is 4.53. The fraction of sp³-hybridized carbons (Fsp3) is 0.357. The van der Waals surface area contributed by atoms with Gasteiger partial charge in [0.1, 0.15) is 5.01 Å². The van der Waals surface area contributed by atoms with Crippen molar-refractivity contribution in [1.29, 1.82) is 0 Å². The Morgan fingerprint density at radius 2 is 2.11 bits per heavy atom. The van der Waals surface area contributed by atoms with Crippen molar-refractivity contribution in [2.24, 2.45) is 0 Å². The van der Waals surface area contributed by atoms with E-state index in [0.717, 1.165) is 22.3 Å². The molecule has 1 aromatic heterocycles. The van der Waals surface area contributed by atoms with Gasteiger partial charge in [-0.05, 0) is 38.4 Å². The molecule has 0 bridgehead atoms. The van der Waals surface area contributed by atoms with Crippen molar-refractivity contribution in [2.75, 3.05) is 7.05 Å². The SMILES string of the molecule is CNC1CCc2nc(-c3ccc(Br)cc3)sc2C1. The van der Waals surface area contributed by atoms with Gasteiger partial charge in [0.05, 0.1) is 5.69 Å². The number of benzene rings is 1. The van der Waals surface area contributed by atoms with Crippen LogP contribution in [0.5, 0.6) is 0 Å². The molecule has 1 unspecified atom stereocenters. The lowest BCUT2D eigenvalue weighted by Gasteiger charge is -2.19. The quantitative estimate of drug-likeness (QED) is 0.912. The van der Waals surface area contributed by atoms with Crippen molar-refractivity contribution >= 4 is 27.3 Å². The van der Waals surface area contributed by atoms with Crippen LogP contribution >= 0.6 is 27.3 Å². The number of rotatable bonds is 2. The third-order valence-electron chi connectivity index (χ3n) is 3.44. The number of aromatic nitrogens is 1. The van der Waals surface area contributed by atoms with E-state index in [9.17, 15) is 0 Å². The summed E-state index contributed by atoms with van der Waals surface area (Å²) < 4.78 is 1.11. The predicted octanol–water partition coefficient (Wildman–Crippen LogP) is 3.65. The monoisotopic (exact) mass is 322 g/mol. The molecule has 1 aromatic carbocycles. The third kappa shape index (κ3) is 2.37. The first-order valence-electron chi connectivity index (χ1n) is 6.18. The highest BCUT2D eigenvalue weighted by Gasteiger charge is 2.21. The van der Waals surface area contributed by atoms with Crippen LogP contribution in [0.2, 0.25) is 0 Å². The molecule has 0 saturated carbocycles. The highest BCUT2D eigenvalue weighted by molar-refractivity contribution is 9.10. The van der Waals surface area contributed by atoms with Gasteiger partial charge in [0, 0.05) is 21.0 Å². The summed E-state index contributed by atoms with van der Waals surface area (Å²) in [4.78, 5) is 6.25. The standard InChI is InChI=1S/C14H15BrN2S/c1-16-11-6-7-12-13(8-11)18-14(17-12)9-2-4-10(15)5-3-9/h2-5,11,16H,6-8H2,1H3. The van der Waals surface area contributed by atoms with E-state index in [0.29, 0.717) is 6.04 Å². The number of aryl methyl sites for hydroxylation is 1. The molecule has 0 radical (unpaired) electrons.